The quantitative estimate of drug-likeness (QED) is 0.768. The van der Waals surface area contributed by atoms with Crippen LogP contribution in [0.5, 0.6) is 0 Å². The van der Waals surface area contributed by atoms with E-state index < -0.39 is 0 Å². The molecule has 0 bridgehead atoms. The lowest BCUT2D eigenvalue weighted by atomic mass is 10.1. The molecule has 0 aliphatic heterocycles. The number of nitrogens with two attached hydrogens (primary N) is 1. The maximum Gasteiger partial charge on any atom is 0.0641 e. The van der Waals surface area contributed by atoms with Gasteiger partial charge in [0.15, 0.2) is 0 Å². The summed E-state index contributed by atoms with van der Waals surface area (Å²) in [5.74, 6) is 0. The van der Waals surface area contributed by atoms with E-state index >= 15 is 0 Å². The Balaban J connectivity index is 1.89. The Hall–Kier alpha value is -1.38. The van der Waals surface area contributed by atoms with E-state index in [2.05, 4.69) is 17.4 Å². The first kappa shape index (κ1) is 13.6. The van der Waals surface area contributed by atoms with Gasteiger partial charge in [0.05, 0.1) is 16.8 Å². The van der Waals surface area contributed by atoms with Gasteiger partial charge < -0.3 is 11.1 Å². The number of rotatable bonds is 2. The lowest BCUT2D eigenvalue weighted by Gasteiger charge is -2.17. The standard InChI is InChI=1S/C16H16Cl2N2/c1-9-6-14(18)16(8-13(9)17)20-15-5-2-10-7-11(19)3-4-12(10)15/h3-4,6-8,15,20H,2,5,19H2,1H3. The van der Waals surface area contributed by atoms with Gasteiger partial charge in [0.25, 0.3) is 0 Å². The predicted molar refractivity (Wildman–Crippen MR) is 86.7 cm³/mol. The Labute approximate surface area is 128 Å². The molecule has 2 aromatic carbocycles. The van der Waals surface area contributed by atoms with Crippen molar-refractivity contribution in [1.29, 1.82) is 0 Å². The van der Waals surface area contributed by atoms with Gasteiger partial charge in [0.1, 0.15) is 0 Å². The first-order valence-electron chi connectivity index (χ1n) is 6.65. The number of benzene rings is 2. The van der Waals surface area contributed by atoms with Gasteiger partial charge in [0, 0.05) is 10.7 Å². The van der Waals surface area contributed by atoms with E-state index in [1.165, 1.54) is 11.1 Å². The molecule has 0 aromatic heterocycles. The number of nitrogens with one attached hydrogen (secondary N) is 1. The number of hydrogen-bond acceptors (Lipinski definition) is 2. The Morgan fingerprint density at radius 2 is 1.95 bits per heavy atom. The van der Waals surface area contributed by atoms with Gasteiger partial charge in [-0.1, -0.05) is 29.3 Å². The molecule has 104 valence electrons. The summed E-state index contributed by atoms with van der Waals surface area (Å²) in [5.41, 5.74) is 11.1. The van der Waals surface area contributed by atoms with Crippen molar-refractivity contribution in [1.82, 2.24) is 0 Å². The summed E-state index contributed by atoms with van der Waals surface area (Å²) in [6.07, 6.45) is 2.08. The highest BCUT2D eigenvalue weighted by Gasteiger charge is 2.23. The van der Waals surface area contributed by atoms with Crippen LogP contribution in [-0.2, 0) is 6.42 Å². The zero-order valence-electron chi connectivity index (χ0n) is 11.2. The van der Waals surface area contributed by atoms with Crippen molar-refractivity contribution < 1.29 is 0 Å². The van der Waals surface area contributed by atoms with E-state index in [4.69, 9.17) is 28.9 Å². The van der Waals surface area contributed by atoms with Crippen molar-refractivity contribution >= 4 is 34.6 Å². The predicted octanol–water partition coefficient (Wildman–Crippen LogP) is 4.98. The molecule has 2 aromatic rings. The van der Waals surface area contributed by atoms with Crippen molar-refractivity contribution in [3.63, 3.8) is 0 Å². The van der Waals surface area contributed by atoms with Crippen LogP contribution in [0.25, 0.3) is 0 Å². The van der Waals surface area contributed by atoms with Crippen molar-refractivity contribution in [3.05, 3.63) is 57.1 Å². The van der Waals surface area contributed by atoms with Gasteiger partial charge in [-0.15, -0.1) is 0 Å². The number of nitrogen functional groups attached to an aromatic ring is 1. The molecule has 3 rings (SSSR count). The van der Waals surface area contributed by atoms with Gasteiger partial charge in [-0.2, -0.15) is 0 Å². The van der Waals surface area contributed by atoms with Crippen LogP contribution in [0.2, 0.25) is 10.0 Å². The third-order valence-corrected chi connectivity index (χ3v) is 4.54. The normalized spacial score (nSPS) is 17.1. The highest BCUT2D eigenvalue weighted by Crippen LogP contribution is 2.37. The van der Waals surface area contributed by atoms with Crippen molar-refractivity contribution in [2.75, 3.05) is 11.1 Å². The molecule has 0 heterocycles. The zero-order chi connectivity index (χ0) is 14.3. The first-order valence-corrected chi connectivity index (χ1v) is 7.40. The van der Waals surface area contributed by atoms with E-state index in [-0.39, 0.29) is 6.04 Å². The van der Waals surface area contributed by atoms with Gasteiger partial charge in [0.2, 0.25) is 0 Å². The van der Waals surface area contributed by atoms with Crippen LogP contribution in [0, 0.1) is 6.92 Å². The number of fused-ring (bicyclic) bond motifs is 1. The molecule has 0 amide bonds. The van der Waals surface area contributed by atoms with Crippen LogP contribution >= 0.6 is 23.2 Å². The molecule has 4 heteroatoms. The summed E-state index contributed by atoms with van der Waals surface area (Å²) in [5, 5.41) is 4.93. The molecule has 1 atom stereocenters. The van der Waals surface area contributed by atoms with Gasteiger partial charge in [-0.25, -0.2) is 0 Å². The average Bonchev–Trinajstić information content (AvgIpc) is 2.78. The zero-order valence-corrected chi connectivity index (χ0v) is 12.7. The summed E-state index contributed by atoms with van der Waals surface area (Å²) >= 11 is 12.5. The molecule has 2 nitrogen and oxygen atoms in total. The van der Waals surface area contributed by atoms with E-state index in [1.54, 1.807) is 0 Å². The highest BCUT2D eigenvalue weighted by atomic mass is 35.5. The molecule has 0 radical (unpaired) electrons. The SMILES string of the molecule is Cc1cc(Cl)c(NC2CCc3cc(N)ccc32)cc1Cl. The molecule has 1 unspecified atom stereocenters. The number of anilines is 2. The van der Waals surface area contributed by atoms with E-state index in [1.807, 2.05) is 25.1 Å². The highest BCUT2D eigenvalue weighted by molar-refractivity contribution is 6.35. The van der Waals surface area contributed by atoms with E-state index in [0.717, 1.165) is 34.8 Å². The van der Waals surface area contributed by atoms with Crippen LogP contribution in [0.1, 0.15) is 29.2 Å². The largest absolute Gasteiger partial charge is 0.399 e. The Bertz CT molecular complexity index is 668. The fraction of sp³-hybridized carbons (Fsp3) is 0.250. The van der Waals surface area contributed by atoms with Crippen LogP contribution in [0.4, 0.5) is 11.4 Å². The maximum absolute atomic E-state index is 6.29. The summed E-state index contributed by atoms with van der Waals surface area (Å²) < 4.78 is 0. The van der Waals surface area contributed by atoms with Crippen LogP contribution < -0.4 is 11.1 Å². The van der Waals surface area contributed by atoms with Crippen LogP contribution in [-0.4, -0.2) is 0 Å². The fourth-order valence-electron chi connectivity index (χ4n) is 2.73. The minimum Gasteiger partial charge on any atom is -0.399 e. The van der Waals surface area contributed by atoms with Crippen molar-refractivity contribution in [2.45, 2.75) is 25.8 Å². The third-order valence-electron chi connectivity index (χ3n) is 3.82. The smallest absolute Gasteiger partial charge is 0.0641 e. The fourth-order valence-corrected chi connectivity index (χ4v) is 3.17. The molecule has 0 saturated carbocycles. The van der Waals surface area contributed by atoms with Gasteiger partial charge in [-0.3, -0.25) is 0 Å². The van der Waals surface area contributed by atoms with Crippen LogP contribution in [0.3, 0.4) is 0 Å². The van der Waals surface area contributed by atoms with E-state index in [0.29, 0.717) is 5.02 Å². The minimum absolute atomic E-state index is 0.266. The molecule has 20 heavy (non-hydrogen) atoms. The Morgan fingerprint density at radius 1 is 1.15 bits per heavy atom. The van der Waals surface area contributed by atoms with E-state index in [9.17, 15) is 0 Å². The summed E-state index contributed by atoms with van der Waals surface area (Å²) in [6, 6.07) is 10.2. The lowest BCUT2D eigenvalue weighted by Crippen LogP contribution is -2.07. The minimum atomic E-state index is 0.266. The van der Waals surface area contributed by atoms with Gasteiger partial charge >= 0.3 is 0 Å². The molecule has 1 aliphatic rings. The first-order chi connectivity index (χ1) is 9.54. The molecule has 0 saturated heterocycles. The average molecular weight is 307 g/mol. The third kappa shape index (κ3) is 2.46. The molecular weight excluding hydrogens is 291 g/mol. The molecule has 0 spiro atoms. The summed E-state index contributed by atoms with van der Waals surface area (Å²) in [7, 11) is 0. The van der Waals surface area contributed by atoms with Gasteiger partial charge in [-0.05, 0) is 60.7 Å². The maximum atomic E-state index is 6.29. The summed E-state index contributed by atoms with van der Waals surface area (Å²) in [4.78, 5) is 0. The Kier molecular flexibility index (Phi) is 3.53. The number of hydrogen-bond donors (Lipinski definition) is 2. The molecule has 1 aliphatic carbocycles. The molecular formula is C16H16Cl2N2. The number of aryl methyl sites for hydroxylation is 2. The Morgan fingerprint density at radius 3 is 2.75 bits per heavy atom. The second-order valence-electron chi connectivity index (χ2n) is 5.28. The monoisotopic (exact) mass is 306 g/mol. The second kappa shape index (κ2) is 5.19. The van der Waals surface area contributed by atoms with Crippen LogP contribution in [0.15, 0.2) is 30.3 Å². The second-order valence-corrected chi connectivity index (χ2v) is 6.09. The number of halogens is 2. The topological polar surface area (TPSA) is 38.0 Å². The lowest BCUT2D eigenvalue weighted by molar-refractivity contribution is 0.762. The van der Waals surface area contributed by atoms with Crippen molar-refractivity contribution in [2.24, 2.45) is 0 Å². The van der Waals surface area contributed by atoms with Crippen molar-refractivity contribution in [3.8, 4) is 0 Å². The summed E-state index contributed by atoms with van der Waals surface area (Å²) in [6.45, 7) is 1.95. The molecule has 0 fully saturated rings. The molecule has 3 N–H and O–H groups in total.